The van der Waals surface area contributed by atoms with E-state index in [2.05, 4.69) is 4.98 Å². The van der Waals surface area contributed by atoms with Gasteiger partial charge in [0.2, 0.25) is 0 Å². The Morgan fingerprint density at radius 2 is 2.25 bits per heavy atom. The maximum atomic E-state index is 7.03. The summed E-state index contributed by atoms with van der Waals surface area (Å²) in [5.74, 6) is 0. The highest BCUT2D eigenvalue weighted by atomic mass is 14.7. The van der Waals surface area contributed by atoms with Crippen LogP contribution in [0.4, 0.5) is 5.69 Å². The van der Waals surface area contributed by atoms with Crippen LogP contribution in [0.25, 0.3) is 5.57 Å². The lowest BCUT2D eigenvalue weighted by atomic mass is 10.1. The average molecular weight is 162 g/mol. The van der Waals surface area contributed by atoms with Crippen molar-refractivity contribution in [3.8, 4) is 0 Å². The summed E-state index contributed by atoms with van der Waals surface area (Å²) < 4.78 is 0. The number of nitrogens with one attached hydrogen (secondary N) is 1. The SMILES string of the molecule is N=C/C(=C\N)c1cncc(N)c1. The molecular formula is C8H10N4. The molecule has 1 heterocycles. The normalized spacial score (nSPS) is 11.2. The first kappa shape index (κ1) is 8.26. The summed E-state index contributed by atoms with van der Waals surface area (Å²) in [7, 11) is 0. The van der Waals surface area contributed by atoms with Gasteiger partial charge in [0, 0.05) is 35.9 Å². The monoisotopic (exact) mass is 162 g/mol. The summed E-state index contributed by atoms with van der Waals surface area (Å²) in [6.07, 6.45) is 5.67. The topological polar surface area (TPSA) is 88.8 Å². The number of nitrogen functional groups attached to an aromatic ring is 1. The molecule has 0 aliphatic rings. The molecule has 1 aromatic rings. The quantitative estimate of drug-likeness (QED) is 0.557. The predicted molar refractivity (Wildman–Crippen MR) is 49.6 cm³/mol. The molecule has 5 N–H and O–H groups in total. The molecule has 0 saturated carbocycles. The fraction of sp³-hybridized carbons (Fsp3) is 0. The van der Waals surface area contributed by atoms with E-state index in [1.807, 2.05) is 0 Å². The molecule has 0 aromatic carbocycles. The van der Waals surface area contributed by atoms with E-state index in [0.29, 0.717) is 11.3 Å². The van der Waals surface area contributed by atoms with Crippen LogP contribution in [-0.2, 0) is 0 Å². The Kier molecular flexibility index (Phi) is 2.42. The van der Waals surface area contributed by atoms with Crippen molar-refractivity contribution >= 4 is 17.5 Å². The summed E-state index contributed by atoms with van der Waals surface area (Å²) >= 11 is 0. The van der Waals surface area contributed by atoms with Crippen molar-refractivity contribution in [3.05, 3.63) is 30.2 Å². The second-order valence-corrected chi connectivity index (χ2v) is 2.27. The Morgan fingerprint density at radius 3 is 2.75 bits per heavy atom. The maximum Gasteiger partial charge on any atom is 0.0506 e. The number of hydrogen-bond donors (Lipinski definition) is 3. The Morgan fingerprint density at radius 1 is 1.50 bits per heavy atom. The summed E-state index contributed by atoms with van der Waals surface area (Å²) in [4.78, 5) is 3.88. The molecule has 4 heteroatoms. The standard InChI is InChI=1S/C8H10N4/c9-2-7(3-10)6-1-8(11)5-12-4-6/h1-5,9H,10-11H2/b7-3+,9-2?. The van der Waals surface area contributed by atoms with Crippen LogP contribution in [0.2, 0.25) is 0 Å². The highest BCUT2D eigenvalue weighted by molar-refractivity contribution is 6.08. The second-order valence-electron chi connectivity index (χ2n) is 2.27. The number of allylic oxidation sites excluding steroid dienone is 1. The van der Waals surface area contributed by atoms with Gasteiger partial charge in [-0.2, -0.15) is 0 Å². The van der Waals surface area contributed by atoms with Gasteiger partial charge in [-0.1, -0.05) is 0 Å². The summed E-state index contributed by atoms with van der Waals surface area (Å²) in [5.41, 5.74) is 12.7. The number of rotatable bonds is 2. The van der Waals surface area contributed by atoms with Crippen molar-refractivity contribution < 1.29 is 0 Å². The second kappa shape index (κ2) is 3.52. The lowest BCUT2D eigenvalue weighted by Crippen LogP contribution is -1.93. The van der Waals surface area contributed by atoms with Crippen LogP contribution in [0.15, 0.2) is 24.7 Å². The fourth-order valence-electron chi connectivity index (χ4n) is 0.843. The molecule has 1 aromatic heterocycles. The van der Waals surface area contributed by atoms with E-state index in [9.17, 15) is 0 Å². The third-order valence-electron chi connectivity index (χ3n) is 1.43. The largest absolute Gasteiger partial charge is 0.404 e. The van der Waals surface area contributed by atoms with E-state index in [4.69, 9.17) is 16.9 Å². The van der Waals surface area contributed by atoms with Crippen LogP contribution < -0.4 is 11.5 Å². The summed E-state index contributed by atoms with van der Waals surface area (Å²) in [6.45, 7) is 0. The molecule has 0 fully saturated rings. The van der Waals surface area contributed by atoms with Crippen molar-refractivity contribution in [1.82, 2.24) is 4.98 Å². The molecule has 0 unspecified atom stereocenters. The molecular weight excluding hydrogens is 152 g/mol. The minimum absolute atomic E-state index is 0.564. The molecule has 0 spiro atoms. The van der Waals surface area contributed by atoms with Crippen LogP contribution in [0, 0.1) is 5.41 Å². The average Bonchev–Trinajstić information content (AvgIpc) is 2.07. The van der Waals surface area contributed by atoms with Crippen molar-refractivity contribution in [3.63, 3.8) is 0 Å². The van der Waals surface area contributed by atoms with Gasteiger partial charge < -0.3 is 16.9 Å². The Labute approximate surface area is 70.4 Å². The van der Waals surface area contributed by atoms with Gasteiger partial charge >= 0.3 is 0 Å². The molecule has 0 amide bonds. The zero-order valence-corrected chi connectivity index (χ0v) is 6.49. The van der Waals surface area contributed by atoms with Crippen molar-refractivity contribution in [2.75, 3.05) is 5.73 Å². The van der Waals surface area contributed by atoms with Crippen LogP contribution in [0.3, 0.4) is 0 Å². The zero-order valence-electron chi connectivity index (χ0n) is 6.49. The third kappa shape index (κ3) is 1.60. The van der Waals surface area contributed by atoms with Gasteiger partial charge in [0.1, 0.15) is 0 Å². The van der Waals surface area contributed by atoms with Crippen molar-refractivity contribution in [1.29, 1.82) is 5.41 Å². The molecule has 0 bridgehead atoms. The first-order chi connectivity index (χ1) is 5.77. The Hall–Kier alpha value is -1.84. The van der Waals surface area contributed by atoms with E-state index in [1.54, 1.807) is 18.5 Å². The van der Waals surface area contributed by atoms with Gasteiger partial charge in [0.15, 0.2) is 0 Å². The summed E-state index contributed by atoms with van der Waals surface area (Å²) in [6, 6.07) is 1.72. The number of pyridine rings is 1. The number of nitrogens with zero attached hydrogens (tertiary/aromatic N) is 1. The highest BCUT2D eigenvalue weighted by Gasteiger charge is 1.97. The van der Waals surface area contributed by atoms with Crippen LogP contribution in [-0.4, -0.2) is 11.2 Å². The predicted octanol–water partition coefficient (Wildman–Crippen LogP) is 0.613. The number of hydrogen-bond acceptors (Lipinski definition) is 4. The third-order valence-corrected chi connectivity index (χ3v) is 1.43. The molecule has 0 aliphatic carbocycles. The highest BCUT2D eigenvalue weighted by Crippen LogP contribution is 2.11. The van der Waals surface area contributed by atoms with Gasteiger partial charge in [0.25, 0.3) is 0 Å². The minimum atomic E-state index is 0.564. The van der Waals surface area contributed by atoms with Crippen molar-refractivity contribution in [2.24, 2.45) is 5.73 Å². The number of aromatic nitrogens is 1. The van der Waals surface area contributed by atoms with Gasteiger partial charge in [-0.15, -0.1) is 0 Å². The van der Waals surface area contributed by atoms with Gasteiger partial charge in [-0.3, -0.25) is 4.98 Å². The fourth-order valence-corrected chi connectivity index (χ4v) is 0.843. The van der Waals surface area contributed by atoms with E-state index in [1.165, 1.54) is 6.20 Å². The minimum Gasteiger partial charge on any atom is -0.404 e. The molecule has 12 heavy (non-hydrogen) atoms. The van der Waals surface area contributed by atoms with E-state index in [-0.39, 0.29) is 0 Å². The Balaban J connectivity index is 3.10. The van der Waals surface area contributed by atoms with Crippen LogP contribution >= 0.6 is 0 Å². The first-order valence-electron chi connectivity index (χ1n) is 3.41. The first-order valence-corrected chi connectivity index (χ1v) is 3.41. The lowest BCUT2D eigenvalue weighted by Gasteiger charge is -1.99. The number of nitrogens with two attached hydrogens (primary N) is 2. The van der Waals surface area contributed by atoms with E-state index < -0.39 is 0 Å². The number of anilines is 1. The molecule has 0 saturated heterocycles. The van der Waals surface area contributed by atoms with Crippen LogP contribution in [0.1, 0.15) is 5.56 Å². The van der Waals surface area contributed by atoms with Gasteiger partial charge in [0.05, 0.1) is 5.69 Å². The molecule has 1 rings (SSSR count). The van der Waals surface area contributed by atoms with Crippen LogP contribution in [0.5, 0.6) is 0 Å². The van der Waals surface area contributed by atoms with Gasteiger partial charge in [-0.05, 0) is 6.07 Å². The molecule has 4 nitrogen and oxygen atoms in total. The summed E-state index contributed by atoms with van der Waals surface area (Å²) in [5, 5.41) is 7.03. The Bertz CT molecular complexity index is 317. The maximum absolute atomic E-state index is 7.03. The van der Waals surface area contributed by atoms with Crippen molar-refractivity contribution in [2.45, 2.75) is 0 Å². The molecule has 0 radical (unpaired) electrons. The van der Waals surface area contributed by atoms with E-state index >= 15 is 0 Å². The lowest BCUT2D eigenvalue weighted by molar-refractivity contribution is 1.31. The molecule has 0 atom stereocenters. The van der Waals surface area contributed by atoms with Gasteiger partial charge in [-0.25, -0.2) is 0 Å². The zero-order chi connectivity index (χ0) is 8.97. The van der Waals surface area contributed by atoms with E-state index in [0.717, 1.165) is 11.8 Å². The smallest absolute Gasteiger partial charge is 0.0506 e. The molecule has 0 aliphatic heterocycles. The molecule has 62 valence electrons.